The van der Waals surface area contributed by atoms with Crippen molar-refractivity contribution >= 4 is 11.6 Å². The van der Waals surface area contributed by atoms with Gasteiger partial charge < -0.3 is 15.0 Å². The predicted octanol–water partition coefficient (Wildman–Crippen LogP) is 4.01. The summed E-state index contributed by atoms with van der Waals surface area (Å²) in [6.45, 7) is 5.19. The largest absolute Gasteiger partial charge is 0.497 e. The highest BCUT2D eigenvalue weighted by Gasteiger charge is 2.14. The molecule has 0 aromatic heterocycles. The molecule has 2 aromatic rings. The van der Waals surface area contributed by atoms with Gasteiger partial charge in [0.05, 0.1) is 13.7 Å². The van der Waals surface area contributed by atoms with Crippen LogP contribution >= 0.6 is 0 Å². The maximum Gasteiger partial charge on any atom is 0.239 e. The first-order valence-electron chi connectivity index (χ1n) is 8.84. The van der Waals surface area contributed by atoms with Gasteiger partial charge >= 0.3 is 0 Å². The number of carbonyl (C=O) groups excluding carboxylic acids is 1. The second kappa shape index (κ2) is 9.72. The minimum Gasteiger partial charge on any atom is -0.497 e. The van der Waals surface area contributed by atoms with Crippen LogP contribution in [0.15, 0.2) is 54.6 Å². The van der Waals surface area contributed by atoms with Crippen molar-refractivity contribution in [2.24, 2.45) is 0 Å². The maximum atomic E-state index is 12.4. The first-order chi connectivity index (χ1) is 12.1. The van der Waals surface area contributed by atoms with Crippen LogP contribution in [0.4, 0.5) is 5.69 Å². The molecule has 0 saturated carbocycles. The summed E-state index contributed by atoms with van der Waals surface area (Å²) in [6, 6.07) is 18.2. The Morgan fingerprint density at radius 3 is 2.40 bits per heavy atom. The van der Waals surface area contributed by atoms with E-state index in [0.29, 0.717) is 13.1 Å². The third-order valence-electron chi connectivity index (χ3n) is 4.12. The number of benzene rings is 2. The third kappa shape index (κ3) is 6.14. The smallest absolute Gasteiger partial charge is 0.239 e. The van der Waals surface area contributed by atoms with Gasteiger partial charge in [-0.15, -0.1) is 0 Å². The van der Waals surface area contributed by atoms with E-state index in [0.717, 1.165) is 24.3 Å². The summed E-state index contributed by atoms with van der Waals surface area (Å²) in [5, 5.41) is 3.08. The minimum absolute atomic E-state index is 0.0488. The normalized spacial score (nSPS) is 11.6. The standard InChI is InChI=1S/C21H28N2O2/c1-4-8-17(2)22-21(24)16-23(15-18-9-6-5-7-10-18)19-11-13-20(25-3)14-12-19/h5-7,9-14,17H,4,8,15-16H2,1-3H3,(H,22,24). The summed E-state index contributed by atoms with van der Waals surface area (Å²) in [4.78, 5) is 14.5. The average molecular weight is 340 g/mol. The molecule has 0 heterocycles. The van der Waals surface area contributed by atoms with Crippen LogP contribution in [-0.4, -0.2) is 25.6 Å². The monoisotopic (exact) mass is 340 g/mol. The van der Waals surface area contributed by atoms with Gasteiger partial charge in [-0.1, -0.05) is 43.7 Å². The zero-order chi connectivity index (χ0) is 18.1. The van der Waals surface area contributed by atoms with Gasteiger partial charge in [-0.3, -0.25) is 4.79 Å². The van der Waals surface area contributed by atoms with E-state index in [-0.39, 0.29) is 11.9 Å². The van der Waals surface area contributed by atoms with Gasteiger partial charge in [0.25, 0.3) is 0 Å². The highest BCUT2D eigenvalue weighted by Crippen LogP contribution is 2.21. The molecule has 25 heavy (non-hydrogen) atoms. The highest BCUT2D eigenvalue weighted by molar-refractivity contribution is 5.81. The first-order valence-corrected chi connectivity index (χ1v) is 8.84. The molecule has 1 N–H and O–H groups in total. The summed E-state index contributed by atoms with van der Waals surface area (Å²) in [5.74, 6) is 0.858. The molecule has 4 heteroatoms. The number of nitrogens with zero attached hydrogens (tertiary/aromatic N) is 1. The van der Waals surface area contributed by atoms with Gasteiger partial charge in [0.15, 0.2) is 0 Å². The van der Waals surface area contributed by atoms with Crippen LogP contribution in [-0.2, 0) is 11.3 Å². The van der Waals surface area contributed by atoms with E-state index in [2.05, 4.69) is 36.2 Å². The van der Waals surface area contributed by atoms with Crippen molar-refractivity contribution in [3.8, 4) is 5.75 Å². The Labute approximate surface area is 150 Å². The molecule has 1 unspecified atom stereocenters. The highest BCUT2D eigenvalue weighted by atomic mass is 16.5. The fourth-order valence-corrected chi connectivity index (χ4v) is 2.83. The molecule has 0 spiro atoms. The number of carbonyl (C=O) groups is 1. The first kappa shape index (κ1) is 18.8. The second-order valence-corrected chi connectivity index (χ2v) is 6.30. The number of amides is 1. The van der Waals surface area contributed by atoms with Crippen LogP contribution in [0.2, 0.25) is 0 Å². The summed E-state index contributed by atoms with van der Waals surface area (Å²) in [7, 11) is 1.65. The van der Waals surface area contributed by atoms with E-state index in [4.69, 9.17) is 4.74 Å². The lowest BCUT2D eigenvalue weighted by atomic mass is 10.1. The molecular weight excluding hydrogens is 312 g/mol. The van der Waals surface area contributed by atoms with Crippen molar-refractivity contribution in [2.75, 3.05) is 18.6 Å². The Bertz CT molecular complexity index is 641. The number of ether oxygens (including phenoxy) is 1. The molecule has 2 aromatic carbocycles. The fourth-order valence-electron chi connectivity index (χ4n) is 2.83. The number of methoxy groups -OCH3 is 1. The molecule has 1 atom stereocenters. The quantitative estimate of drug-likeness (QED) is 0.750. The minimum atomic E-state index is 0.0488. The van der Waals surface area contributed by atoms with Gasteiger partial charge in [0.1, 0.15) is 5.75 Å². The maximum absolute atomic E-state index is 12.4. The van der Waals surface area contributed by atoms with Crippen LogP contribution in [0.1, 0.15) is 32.3 Å². The summed E-state index contributed by atoms with van der Waals surface area (Å²) < 4.78 is 5.23. The van der Waals surface area contributed by atoms with Crippen LogP contribution in [0, 0.1) is 0 Å². The molecule has 4 nitrogen and oxygen atoms in total. The Balaban J connectivity index is 2.12. The Morgan fingerprint density at radius 2 is 1.80 bits per heavy atom. The van der Waals surface area contributed by atoms with Crippen molar-refractivity contribution < 1.29 is 9.53 Å². The zero-order valence-electron chi connectivity index (χ0n) is 15.4. The number of hydrogen-bond donors (Lipinski definition) is 1. The molecule has 0 bridgehead atoms. The van der Waals surface area contributed by atoms with Gasteiger partial charge in [0, 0.05) is 18.3 Å². The lowest BCUT2D eigenvalue weighted by Crippen LogP contribution is -2.41. The second-order valence-electron chi connectivity index (χ2n) is 6.30. The van der Waals surface area contributed by atoms with Crippen LogP contribution < -0.4 is 15.0 Å². The van der Waals surface area contributed by atoms with Gasteiger partial charge in [-0.2, -0.15) is 0 Å². The topological polar surface area (TPSA) is 41.6 Å². The van der Waals surface area contributed by atoms with Crippen molar-refractivity contribution in [2.45, 2.75) is 39.3 Å². The number of anilines is 1. The van der Waals surface area contributed by atoms with E-state index < -0.39 is 0 Å². The lowest BCUT2D eigenvalue weighted by molar-refractivity contribution is -0.120. The summed E-state index contributed by atoms with van der Waals surface area (Å²) >= 11 is 0. The van der Waals surface area contributed by atoms with E-state index in [1.54, 1.807) is 7.11 Å². The van der Waals surface area contributed by atoms with Crippen molar-refractivity contribution in [1.29, 1.82) is 0 Å². The SMILES string of the molecule is CCCC(C)NC(=O)CN(Cc1ccccc1)c1ccc(OC)cc1. The van der Waals surface area contributed by atoms with Crippen molar-refractivity contribution in [3.05, 3.63) is 60.2 Å². The average Bonchev–Trinajstić information content (AvgIpc) is 2.62. The van der Waals surface area contributed by atoms with Crippen LogP contribution in [0.3, 0.4) is 0 Å². The molecule has 1 amide bonds. The molecule has 0 aliphatic heterocycles. The molecule has 0 aliphatic carbocycles. The zero-order valence-corrected chi connectivity index (χ0v) is 15.4. The Morgan fingerprint density at radius 1 is 1.12 bits per heavy atom. The van der Waals surface area contributed by atoms with Crippen LogP contribution in [0.5, 0.6) is 5.75 Å². The molecule has 0 saturated heterocycles. The number of rotatable bonds is 9. The Hall–Kier alpha value is -2.49. The van der Waals surface area contributed by atoms with E-state index in [1.807, 2.05) is 42.5 Å². The van der Waals surface area contributed by atoms with Crippen LogP contribution in [0.25, 0.3) is 0 Å². The van der Waals surface area contributed by atoms with E-state index in [1.165, 1.54) is 5.56 Å². The van der Waals surface area contributed by atoms with Gasteiger partial charge in [-0.25, -0.2) is 0 Å². The number of hydrogen-bond acceptors (Lipinski definition) is 3. The molecule has 134 valence electrons. The molecule has 0 radical (unpaired) electrons. The lowest BCUT2D eigenvalue weighted by Gasteiger charge is -2.25. The van der Waals surface area contributed by atoms with Gasteiger partial charge in [-0.05, 0) is 43.2 Å². The number of nitrogens with one attached hydrogen (secondary N) is 1. The molecular formula is C21H28N2O2. The van der Waals surface area contributed by atoms with Crippen molar-refractivity contribution in [1.82, 2.24) is 5.32 Å². The molecule has 0 fully saturated rings. The predicted molar refractivity (Wildman–Crippen MR) is 103 cm³/mol. The third-order valence-corrected chi connectivity index (χ3v) is 4.12. The van der Waals surface area contributed by atoms with E-state index in [9.17, 15) is 4.79 Å². The van der Waals surface area contributed by atoms with E-state index >= 15 is 0 Å². The Kier molecular flexibility index (Phi) is 7.33. The molecule has 0 aliphatic rings. The fraction of sp³-hybridized carbons (Fsp3) is 0.381. The van der Waals surface area contributed by atoms with Crippen molar-refractivity contribution in [3.63, 3.8) is 0 Å². The molecule has 2 rings (SSSR count). The summed E-state index contributed by atoms with van der Waals surface area (Å²) in [5.41, 5.74) is 2.18. The summed E-state index contributed by atoms with van der Waals surface area (Å²) in [6.07, 6.45) is 2.06. The van der Waals surface area contributed by atoms with Gasteiger partial charge in [0.2, 0.25) is 5.91 Å².